The van der Waals surface area contributed by atoms with Gasteiger partial charge in [-0.25, -0.2) is 18.0 Å². The van der Waals surface area contributed by atoms with Crippen molar-refractivity contribution < 1.29 is 18.3 Å². The Morgan fingerprint density at radius 2 is 2.06 bits per heavy atom. The third-order valence-corrected chi connectivity index (χ3v) is 7.15. The Morgan fingerprint density at radius 3 is 2.75 bits per heavy atom. The number of ether oxygens (including phenoxy) is 2. The number of rotatable bonds is 7. The molecule has 3 aromatic heterocycles. The van der Waals surface area contributed by atoms with E-state index in [0.29, 0.717) is 39.7 Å². The lowest BCUT2D eigenvalue weighted by Crippen LogP contribution is -2.53. The van der Waals surface area contributed by atoms with Gasteiger partial charge in [0.15, 0.2) is 5.82 Å². The Kier molecular flexibility index (Phi) is 5.92. The molecule has 6 rings (SSSR count). The third kappa shape index (κ3) is 3.94. The number of nitrogens with zero attached hydrogens (tertiary/aromatic N) is 7. The largest absolute Gasteiger partial charge is 0.479 e. The number of hydrogen-bond donors (Lipinski definition) is 1. The molecule has 2 saturated heterocycles. The van der Waals surface area contributed by atoms with Crippen molar-refractivity contribution in [1.29, 1.82) is 0 Å². The van der Waals surface area contributed by atoms with Gasteiger partial charge in [0, 0.05) is 19.1 Å². The van der Waals surface area contributed by atoms with Crippen LogP contribution in [0.1, 0.15) is 25.8 Å². The monoisotopic (exact) mass is 498 g/mol. The summed E-state index contributed by atoms with van der Waals surface area (Å²) in [5, 5.41) is 16.1. The van der Waals surface area contributed by atoms with E-state index in [1.54, 1.807) is 25.1 Å². The molecule has 12 heteroatoms. The number of hydrogen-bond acceptors (Lipinski definition) is 8. The zero-order valence-corrected chi connectivity index (χ0v) is 20.2. The number of nitrogens with one attached hydrogen (secondary N) is 1. The molecule has 0 unspecified atom stereocenters. The minimum Gasteiger partial charge on any atom is -0.479 e. The standard InChI is InChI=1S/C24H28F2N8O2/c1-14(10-25)34-20-9-15(3-4-19(20)29-31-34)21-18(26)11-33-22(21)23(35-2)28-24(30-33)27-16-5-7-32(8-6-16)17-12-36-13-17/h3-4,9,11,14,16-17H,5-8,10,12-13H2,1-2H3,(H,27,30)/t14-/m0/s1. The van der Waals surface area contributed by atoms with Crippen molar-refractivity contribution in [1.82, 2.24) is 34.5 Å². The van der Waals surface area contributed by atoms with Gasteiger partial charge in [-0.05, 0) is 37.5 Å². The number of halogens is 2. The van der Waals surface area contributed by atoms with Crippen molar-refractivity contribution in [3.63, 3.8) is 0 Å². The van der Waals surface area contributed by atoms with E-state index in [4.69, 9.17) is 9.47 Å². The Morgan fingerprint density at radius 1 is 1.25 bits per heavy atom. The highest BCUT2D eigenvalue weighted by Crippen LogP contribution is 2.35. The Hall–Kier alpha value is -3.38. The van der Waals surface area contributed by atoms with Crippen molar-refractivity contribution in [2.75, 3.05) is 45.4 Å². The molecule has 0 spiro atoms. The lowest BCUT2D eigenvalue weighted by Gasteiger charge is -2.41. The fraction of sp³-hybridized carbons (Fsp3) is 0.500. The SMILES string of the molecule is COc1nc(NC2CCN(C3COC3)CC2)nn2cc(F)c(-c3ccc4nnn([C@@H](C)CF)c4c3)c12. The molecule has 5 heterocycles. The van der Waals surface area contributed by atoms with E-state index < -0.39 is 18.5 Å². The number of likely N-dealkylation sites (tertiary alicyclic amines) is 1. The van der Waals surface area contributed by atoms with Crippen LogP contribution in [0.25, 0.3) is 27.7 Å². The highest BCUT2D eigenvalue weighted by atomic mass is 19.1. The van der Waals surface area contributed by atoms with Gasteiger partial charge in [-0.2, -0.15) is 4.98 Å². The summed E-state index contributed by atoms with van der Waals surface area (Å²) in [7, 11) is 1.51. The van der Waals surface area contributed by atoms with Gasteiger partial charge in [0.05, 0.1) is 49.7 Å². The first kappa shape index (κ1) is 23.0. The molecule has 2 aliphatic heterocycles. The van der Waals surface area contributed by atoms with Crippen LogP contribution in [-0.2, 0) is 4.74 Å². The third-order valence-electron chi connectivity index (χ3n) is 7.15. The fourth-order valence-corrected chi connectivity index (χ4v) is 5.01. The van der Waals surface area contributed by atoms with Gasteiger partial charge in [0.25, 0.3) is 0 Å². The molecule has 10 nitrogen and oxygen atoms in total. The van der Waals surface area contributed by atoms with E-state index in [0.717, 1.165) is 39.1 Å². The topological polar surface area (TPSA) is 94.6 Å². The molecular formula is C24H28F2N8O2. The smallest absolute Gasteiger partial charge is 0.244 e. The summed E-state index contributed by atoms with van der Waals surface area (Å²) in [5.41, 5.74) is 2.52. The normalized spacial score (nSPS) is 18.6. The van der Waals surface area contributed by atoms with Crippen LogP contribution < -0.4 is 10.1 Å². The van der Waals surface area contributed by atoms with Gasteiger partial charge in [0.2, 0.25) is 11.8 Å². The van der Waals surface area contributed by atoms with Gasteiger partial charge in [-0.1, -0.05) is 11.3 Å². The molecule has 0 amide bonds. The summed E-state index contributed by atoms with van der Waals surface area (Å²) in [6.45, 7) is 4.74. The molecule has 2 aliphatic rings. The predicted molar refractivity (Wildman–Crippen MR) is 130 cm³/mol. The second-order valence-electron chi connectivity index (χ2n) is 9.48. The zero-order chi connectivity index (χ0) is 24.8. The van der Waals surface area contributed by atoms with Crippen LogP contribution >= 0.6 is 0 Å². The number of alkyl halides is 1. The van der Waals surface area contributed by atoms with Gasteiger partial charge in [-0.15, -0.1) is 10.2 Å². The molecule has 0 radical (unpaired) electrons. The number of benzene rings is 1. The highest BCUT2D eigenvalue weighted by molar-refractivity contribution is 5.89. The first-order valence-corrected chi connectivity index (χ1v) is 12.2. The molecule has 0 saturated carbocycles. The van der Waals surface area contributed by atoms with E-state index in [2.05, 4.69) is 30.6 Å². The minimum absolute atomic E-state index is 0.219. The van der Waals surface area contributed by atoms with Crippen LogP contribution in [0.4, 0.5) is 14.7 Å². The molecular weight excluding hydrogens is 470 g/mol. The van der Waals surface area contributed by atoms with E-state index in [-0.39, 0.29) is 11.9 Å². The van der Waals surface area contributed by atoms with E-state index >= 15 is 4.39 Å². The molecule has 1 aromatic carbocycles. The average Bonchev–Trinajstić information content (AvgIpc) is 3.43. The summed E-state index contributed by atoms with van der Waals surface area (Å²) in [5.74, 6) is 0.188. The molecule has 1 atom stereocenters. The quantitative estimate of drug-likeness (QED) is 0.416. The van der Waals surface area contributed by atoms with Gasteiger partial charge in [-0.3, -0.25) is 4.90 Å². The summed E-state index contributed by atoms with van der Waals surface area (Å²) in [6.07, 6.45) is 3.25. The molecule has 0 bridgehead atoms. The van der Waals surface area contributed by atoms with Crippen LogP contribution in [0.3, 0.4) is 0 Å². The molecule has 2 fully saturated rings. The first-order chi connectivity index (χ1) is 17.6. The number of methoxy groups -OCH3 is 1. The van der Waals surface area contributed by atoms with E-state index in [1.807, 2.05) is 0 Å². The summed E-state index contributed by atoms with van der Waals surface area (Å²) in [4.78, 5) is 7.03. The summed E-state index contributed by atoms with van der Waals surface area (Å²) in [6, 6.07) is 5.53. The van der Waals surface area contributed by atoms with Crippen LogP contribution in [0, 0.1) is 5.82 Å². The second kappa shape index (κ2) is 9.25. The fourth-order valence-electron chi connectivity index (χ4n) is 5.01. The minimum atomic E-state index is -0.586. The number of aromatic nitrogens is 6. The first-order valence-electron chi connectivity index (χ1n) is 12.2. The van der Waals surface area contributed by atoms with E-state index in [9.17, 15) is 4.39 Å². The van der Waals surface area contributed by atoms with Crippen molar-refractivity contribution in [2.45, 2.75) is 37.9 Å². The molecule has 36 heavy (non-hydrogen) atoms. The second-order valence-corrected chi connectivity index (χ2v) is 9.48. The van der Waals surface area contributed by atoms with Crippen molar-refractivity contribution in [3.8, 4) is 17.0 Å². The van der Waals surface area contributed by atoms with Crippen molar-refractivity contribution >= 4 is 22.5 Å². The average molecular weight is 499 g/mol. The maximum Gasteiger partial charge on any atom is 0.244 e. The molecule has 4 aromatic rings. The van der Waals surface area contributed by atoms with Gasteiger partial charge in [0.1, 0.15) is 17.7 Å². The predicted octanol–water partition coefficient (Wildman–Crippen LogP) is 3.09. The lowest BCUT2D eigenvalue weighted by atomic mass is 10.0. The lowest BCUT2D eigenvalue weighted by molar-refractivity contribution is -0.0705. The van der Waals surface area contributed by atoms with Crippen molar-refractivity contribution in [3.05, 3.63) is 30.2 Å². The summed E-state index contributed by atoms with van der Waals surface area (Å²) < 4.78 is 42.5. The molecule has 190 valence electrons. The Bertz CT molecular complexity index is 1390. The van der Waals surface area contributed by atoms with Gasteiger partial charge >= 0.3 is 0 Å². The number of fused-ring (bicyclic) bond motifs is 2. The van der Waals surface area contributed by atoms with Crippen LogP contribution in [0.5, 0.6) is 5.88 Å². The Balaban J connectivity index is 1.31. The zero-order valence-electron chi connectivity index (χ0n) is 20.2. The highest BCUT2D eigenvalue weighted by Gasteiger charge is 2.30. The maximum atomic E-state index is 15.3. The Labute approximate surface area is 206 Å². The molecule has 1 N–H and O–H groups in total. The number of piperidine rings is 1. The van der Waals surface area contributed by atoms with Crippen LogP contribution in [0.2, 0.25) is 0 Å². The number of anilines is 1. The maximum absolute atomic E-state index is 15.3. The van der Waals surface area contributed by atoms with Crippen LogP contribution in [-0.4, -0.2) is 86.7 Å². The van der Waals surface area contributed by atoms with Gasteiger partial charge < -0.3 is 14.8 Å². The van der Waals surface area contributed by atoms with Crippen molar-refractivity contribution in [2.24, 2.45) is 0 Å². The van der Waals surface area contributed by atoms with E-state index in [1.165, 1.54) is 22.5 Å². The molecule has 0 aliphatic carbocycles. The summed E-state index contributed by atoms with van der Waals surface area (Å²) >= 11 is 0. The van der Waals surface area contributed by atoms with Crippen LogP contribution in [0.15, 0.2) is 24.4 Å².